The Morgan fingerprint density at radius 3 is 2.36 bits per heavy atom. The molecule has 0 bridgehead atoms. The minimum Gasteiger partial charge on any atom is -0.493 e. The van der Waals surface area contributed by atoms with Gasteiger partial charge in [0.05, 0.1) is 19.4 Å². The average molecular weight is 648 g/mol. The van der Waals surface area contributed by atoms with Crippen molar-refractivity contribution in [2.75, 3.05) is 19.0 Å². The first-order chi connectivity index (χ1) is 22.6. The average Bonchev–Trinajstić information content (AvgIpc) is 3.86. The number of hydrogen-bond donors (Lipinski definition) is 3. The summed E-state index contributed by atoms with van der Waals surface area (Å²) in [5.41, 5.74) is 3.51. The Morgan fingerprint density at radius 1 is 0.979 bits per heavy atom. The van der Waals surface area contributed by atoms with Crippen LogP contribution in [0.25, 0.3) is 5.76 Å². The predicted octanol–water partition coefficient (Wildman–Crippen LogP) is 9.36. The molecule has 0 unspecified atom stereocenters. The van der Waals surface area contributed by atoms with Crippen LogP contribution in [0.1, 0.15) is 70.3 Å². The summed E-state index contributed by atoms with van der Waals surface area (Å²) in [5.74, 6) is -0.436. The van der Waals surface area contributed by atoms with E-state index >= 15 is 4.39 Å². The van der Waals surface area contributed by atoms with Gasteiger partial charge in [-0.2, -0.15) is 0 Å². The molecule has 47 heavy (non-hydrogen) atoms. The Hall–Kier alpha value is -4.86. The highest BCUT2D eigenvalue weighted by Crippen LogP contribution is 2.56. The molecular weight excluding hydrogens is 604 g/mol. The van der Waals surface area contributed by atoms with Crippen LogP contribution in [0.2, 0.25) is 0 Å². The van der Waals surface area contributed by atoms with Crippen LogP contribution in [-0.2, 0) is 4.79 Å². The third-order valence-electron chi connectivity index (χ3n) is 8.17. The third kappa shape index (κ3) is 9.34. The smallest absolute Gasteiger partial charge is 0.303 e. The normalized spacial score (nSPS) is 14.9. The fourth-order valence-electron chi connectivity index (χ4n) is 5.29. The number of rotatable bonds is 19. The maximum absolute atomic E-state index is 15.3. The van der Waals surface area contributed by atoms with E-state index in [1.807, 2.05) is 0 Å². The van der Waals surface area contributed by atoms with Gasteiger partial charge in [-0.3, -0.25) is 9.79 Å². The van der Waals surface area contributed by atoms with Crippen molar-refractivity contribution in [3.8, 4) is 17.2 Å². The number of nitrogens with zero attached hydrogens (tertiary/aromatic N) is 1. The SMILES string of the molecule is C=C(Oc1ccc(NC(=C)C2(C(=C)NC3=CC=C(F)CC3)CC2)cc1F)c1cc(OC)c(OCCCCCCC(=O)O)cc1N=CC. The van der Waals surface area contributed by atoms with E-state index in [4.69, 9.17) is 19.3 Å². The molecule has 0 aromatic heterocycles. The second-order valence-electron chi connectivity index (χ2n) is 11.6. The van der Waals surface area contributed by atoms with Crippen LogP contribution in [0.15, 0.2) is 90.1 Å². The second kappa shape index (κ2) is 16.1. The Morgan fingerprint density at radius 2 is 1.72 bits per heavy atom. The lowest BCUT2D eigenvalue weighted by Gasteiger charge is -2.25. The summed E-state index contributed by atoms with van der Waals surface area (Å²) in [6.07, 6.45) is 10.7. The van der Waals surface area contributed by atoms with E-state index in [9.17, 15) is 9.18 Å². The van der Waals surface area contributed by atoms with Gasteiger partial charge >= 0.3 is 5.97 Å². The zero-order valence-corrected chi connectivity index (χ0v) is 27.1. The van der Waals surface area contributed by atoms with Crippen molar-refractivity contribution in [1.82, 2.24) is 5.32 Å². The quantitative estimate of drug-likeness (QED) is 0.0793. The summed E-state index contributed by atoms with van der Waals surface area (Å²) >= 11 is 0. The van der Waals surface area contributed by atoms with E-state index in [-0.39, 0.29) is 29.2 Å². The molecule has 2 aliphatic carbocycles. The summed E-state index contributed by atoms with van der Waals surface area (Å²) in [5, 5.41) is 15.3. The van der Waals surface area contributed by atoms with Crippen LogP contribution >= 0.6 is 0 Å². The summed E-state index contributed by atoms with van der Waals surface area (Å²) < 4.78 is 46.1. The molecule has 0 atom stereocenters. The molecule has 4 rings (SSSR count). The number of aliphatic imine (C=N–C) groups is 1. The van der Waals surface area contributed by atoms with E-state index in [0.717, 1.165) is 43.5 Å². The number of hydrogen-bond acceptors (Lipinski definition) is 7. The van der Waals surface area contributed by atoms with Crippen LogP contribution in [0.4, 0.5) is 20.2 Å². The van der Waals surface area contributed by atoms with Gasteiger partial charge < -0.3 is 30.0 Å². The van der Waals surface area contributed by atoms with Gasteiger partial charge in [0.2, 0.25) is 0 Å². The van der Waals surface area contributed by atoms with Crippen LogP contribution < -0.4 is 24.8 Å². The zero-order chi connectivity index (χ0) is 34.0. The van der Waals surface area contributed by atoms with Crippen LogP contribution in [0.3, 0.4) is 0 Å². The number of carboxylic acids is 1. The first-order valence-electron chi connectivity index (χ1n) is 15.8. The minimum absolute atomic E-state index is 0.0171. The first kappa shape index (κ1) is 35.0. The zero-order valence-electron chi connectivity index (χ0n) is 27.1. The number of benzene rings is 2. The first-order valence-corrected chi connectivity index (χ1v) is 15.8. The molecule has 0 saturated heterocycles. The lowest BCUT2D eigenvalue weighted by Crippen LogP contribution is -2.24. The summed E-state index contributed by atoms with van der Waals surface area (Å²) in [6.45, 7) is 14.7. The molecular formula is C37H43F2N3O5. The third-order valence-corrected chi connectivity index (χ3v) is 8.17. The van der Waals surface area contributed by atoms with Gasteiger partial charge in [0.25, 0.3) is 0 Å². The highest BCUT2D eigenvalue weighted by Gasteiger charge is 2.48. The molecule has 8 nitrogen and oxygen atoms in total. The summed E-state index contributed by atoms with van der Waals surface area (Å²) in [4.78, 5) is 15.1. The molecule has 0 radical (unpaired) electrons. The molecule has 3 N–H and O–H groups in total. The van der Waals surface area contributed by atoms with E-state index < -0.39 is 11.8 Å². The number of aliphatic carboxylic acids is 1. The lowest BCUT2D eigenvalue weighted by atomic mass is 9.98. The molecule has 250 valence electrons. The molecule has 0 spiro atoms. The number of anilines is 1. The lowest BCUT2D eigenvalue weighted by molar-refractivity contribution is -0.137. The molecule has 0 heterocycles. The maximum atomic E-state index is 15.3. The Labute approximate surface area is 275 Å². The number of ether oxygens (including phenoxy) is 3. The molecule has 2 aromatic rings. The molecule has 2 aromatic carbocycles. The van der Waals surface area contributed by atoms with Crippen molar-refractivity contribution in [2.45, 2.75) is 64.7 Å². The number of methoxy groups -OCH3 is 1. The van der Waals surface area contributed by atoms with Gasteiger partial charge in [0, 0.05) is 64.9 Å². The van der Waals surface area contributed by atoms with Crippen molar-refractivity contribution >= 4 is 29.3 Å². The van der Waals surface area contributed by atoms with Gasteiger partial charge in [-0.25, -0.2) is 8.78 Å². The van der Waals surface area contributed by atoms with E-state index in [1.165, 1.54) is 25.3 Å². The van der Waals surface area contributed by atoms with Crippen molar-refractivity contribution in [3.05, 3.63) is 96.5 Å². The van der Waals surface area contributed by atoms with Crippen molar-refractivity contribution in [1.29, 1.82) is 0 Å². The maximum Gasteiger partial charge on any atom is 0.303 e. The van der Waals surface area contributed by atoms with Crippen molar-refractivity contribution in [3.63, 3.8) is 0 Å². The highest BCUT2D eigenvalue weighted by atomic mass is 19.1. The summed E-state index contributed by atoms with van der Waals surface area (Å²) in [7, 11) is 1.52. The monoisotopic (exact) mass is 647 g/mol. The number of carbonyl (C=O) groups is 1. The summed E-state index contributed by atoms with van der Waals surface area (Å²) in [6, 6.07) is 7.96. The molecule has 2 aliphatic rings. The molecule has 1 fully saturated rings. The molecule has 10 heteroatoms. The number of halogens is 2. The molecule has 0 aliphatic heterocycles. The minimum atomic E-state index is -0.788. The van der Waals surface area contributed by atoms with Gasteiger partial charge in [0.15, 0.2) is 23.1 Å². The standard InChI is InChI=1S/C37H43F2N3O5/c1-6-40-32-23-35(46-20-10-8-7-9-11-36(43)44)34(45-5)22-30(32)24(2)47-33-17-16-29(21-31(33)39)42-26(4)37(18-19-37)25(3)41-28-14-12-27(38)13-15-28/h6,12,14,16-17,21-23,41-42H,2-4,7-11,13,15,18-20H2,1,5H3,(H,43,44). The molecule has 0 amide bonds. The van der Waals surface area contributed by atoms with Gasteiger partial charge in [-0.05, 0) is 69.4 Å². The fourth-order valence-corrected chi connectivity index (χ4v) is 5.29. The largest absolute Gasteiger partial charge is 0.493 e. The Balaban J connectivity index is 1.38. The van der Waals surface area contributed by atoms with E-state index in [0.29, 0.717) is 60.0 Å². The number of unbranched alkanes of at least 4 members (excludes halogenated alkanes) is 3. The van der Waals surface area contributed by atoms with Crippen LogP contribution in [-0.4, -0.2) is 31.0 Å². The predicted molar refractivity (Wildman–Crippen MR) is 182 cm³/mol. The Kier molecular flexibility index (Phi) is 12.0. The number of carboxylic acid groups (broad SMARTS) is 1. The Bertz CT molecular complexity index is 1610. The van der Waals surface area contributed by atoms with Crippen molar-refractivity contribution < 1.29 is 32.9 Å². The van der Waals surface area contributed by atoms with Crippen LogP contribution in [0.5, 0.6) is 17.2 Å². The van der Waals surface area contributed by atoms with E-state index in [2.05, 4.69) is 35.4 Å². The molecule has 1 saturated carbocycles. The highest BCUT2D eigenvalue weighted by molar-refractivity contribution is 5.77. The van der Waals surface area contributed by atoms with Gasteiger partial charge in [0.1, 0.15) is 11.6 Å². The van der Waals surface area contributed by atoms with Crippen molar-refractivity contribution in [2.24, 2.45) is 10.4 Å². The number of nitrogens with one attached hydrogen (secondary N) is 2. The van der Waals surface area contributed by atoms with Gasteiger partial charge in [-0.1, -0.05) is 32.6 Å². The topological polar surface area (TPSA) is 101 Å². The fraction of sp³-hybridized carbons (Fsp3) is 0.351. The van der Waals surface area contributed by atoms with Crippen LogP contribution in [0, 0.1) is 11.2 Å². The second-order valence-corrected chi connectivity index (χ2v) is 11.6. The van der Waals surface area contributed by atoms with E-state index in [1.54, 1.807) is 37.4 Å². The van der Waals surface area contributed by atoms with Gasteiger partial charge in [-0.15, -0.1) is 0 Å². The number of allylic oxidation sites excluding steroid dienone is 4.